The van der Waals surface area contributed by atoms with Crippen molar-refractivity contribution in [3.05, 3.63) is 83.7 Å². The predicted molar refractivity (Wildman–Crippen MR) is 111 cm³/mol. The standard InChI is InChI=1S/C22H25N5O3/c1-26(15-17-9-5-3-6-10-17)22(29)19-16-27(25-24-19)14-13-23-21(28)20(30-2)18-11-7-4-8-12-18/h3-12,16,20H,13-15H2,1-2H3,(H,23,28). The molecule has 0 saturated heterocycles. The first kappa shape index (κ1) is 21.2. The van der Waals surface area contributed by atoms with Gasteiger partial charge in [0.1, 0.15) is 0 Å². The molecule has 0 aliphatic carbocycles. The second kappa shape index (κ2) is 10.3. The first-order valence-electron chi connectivity index (χ1n) is 9.63. The number of hydrogen-bond acceptors (Lipinski definition) is 5. The summed E-state index contributed by atoms with van der Waals surface area (Å²) in [6, 6.07) is 19.0. The highest BCUT2D eigenvalue weighted by Gasteiger charge is 2.20. The van der Waals surface area contributed by atoms with Crippen LogP contribution in [0.4, 0.5) is 0 Å². The molecular formula is C22H25N5O3. The number of nitrogens with one attached hydrogen (secondary N) is 1. The molecule has 8 nitrogen and oxygen atoms in total. The van der Waals surface area contributed by atoms with Crippen LogP contribution in [0.5, 0.6) is 0 Å². The lowest BCUT2D eigenvalue weighted by Crippen LogP contribution is -2.32. The first-order valence-corrected chi connectivity index (χ1v) is 9.63. The third kappa shape index (κ3) is 5.51. The van der Waals surface area contributed by atoms with Crippen LogP contribution in [0, 0.1) is 0 Å². The molecule has 1 N–H and O–H groups in total. The van der Waals surface area contributed by atoms with E-state index in [2.05, 4.69) is 15.6 Å². The van der Waals surface area contributed by atoms with Crippen LogP contribution in [0.15, 0.2) is 66.9 Å². The average Bonchev–Trinajstić information content (AvgIpc) is 3.24. The number of carbonyl (C=O) groups is 2. The lowest BCUT2D eigenvalue weighted by atomic mass is 10.1. The van der Waals surface area contributed by atoms with Crippen molar-refractivity contribution in [2.45, 2.75) is 19.2 Å². The SMILES string of the molecule is COC(C(=O)NCCn1cc(C(=O)N(C)Cc2ccccc2)nn1)c1ccccc1. The topological polar surface area (TPSA) is 89.4 Å². The highest BCUT2D eigenvalue weighted by atomic mass is 16.5. The lowest BCUT2D eigenvalue weighted by Gasteiger charge is -2.15. The summed E-state index contributed by atoms with van der Waals surface area (Å²) in [5, 5.41) is 10.8. The summed E-state index contributed by atoms with van der Waals surface area (Å²) in [5.74, 6) is -0.444. The Labute approximate surface area is 175 Å². The van der Waals surface area contributed by atoms with Crippen LogP contribution in [0.1, 0.15) is 27.7 Å². The summed E-state index contributed by atoms with van der Waals surface area (Å²) in [7, 11) is 3.22. The second-order valence-corrected chi connectivity index (χ2v) is 6.83. The van der Waals surface area contributed by atoms with E-state index in [0.717, 1.165) is 11.1 Å². The van der Waals surface area contributed by atoms with Crippen LogP contribution in [-0.4, -0.2) is 52.4 Å². The van der Waals surface area contributed by atoms with E-state index in [9.17, 15) is 9.59 Å². The normalized spacial score (nSPS) is 11.7. The number of benzene rings is 2. The van der Waals surface area contributed by atoms with Crippen LogP contribution in [0.2, 0.25) is 0 Å². The van der Waals surface area contributed by atoms with Gasteiger partial charge in [0.15, 0.2) is 11.8 Å². The van der Waals surface area contributed by atoms with Gasteiger partial charge in [0.25, 0.3) is 11.8 Å². The van der Waals surface area contributed by atoms with Crippen LogP contribution in [0.3, 0.4) is 0 Å². The Kier molecular flexibility index (Phi) is 7.29. The van der Waals surface area contributed by atoms with E-state index in [1.807, 2.05) is 60.7 Å². The van der Waals surface area contributed by atoms with E-state index < -0.39 is 6.10 Å². The van der Waals surface area contributed by atoms with Gasteiger partial charge in [-0.15, -0.1) is 5.10 Å². The van der Waals surface area contributed by atoms with E-state index >= 15 is 0 Å². The van der Waals surface area contributed by atoms with Crippen molar-refractivity contribution in [1.82, 2.24) is 25.2 Å². The van der Waals surface area contributed by atoms with Crippen molar-refractivity contribution < 1.29 is 14.3 Å². The Balaban J connectivity index is 1.50. The molecule has 0 saturated carbocycles. The molecule has 0 aliphatic heterocycles. The van der Waals surface area contributed by atoms with E-state index in [1.165, 1.54) is 11.8 Å². The van der Waals surface area contributed by atoms with Gasteiger partial charge in [-0.3, -0.25) is 9.59 Å². The zero-order chi connectivity index (χ0) is 21.3. The number of nitrogens with zero attached hydrogens (tertiary/aromatic N) is 4. The molecule has 0 aliphatic rings. The van der Waals surface area contributed by atoms with Gasteiger partial charge in [-0.1, -0.05) is 65.9 Å². The maximum Gasteiger partial charge on any atom is 0.276 e. The number of hydrogen-bond donors (Lipinski definition) is 1. The molecule has 156 valence electrons. The largest absolute Gasteiger partial charge is 0.367 e. The minimum atomic E-state index is -0.675. The second-order valence-electron chi connectivity index (χ2n) is 6.83. The maximum atomic E-state index is 12.6. The van der Waals surface area contributed by atoms with Crippen LogP contribution in [0.25, 0.3) is 0 Å². The van der Waals surface area contributed by atoms with Crippen molar-refractivity contribution >= 4 is 11.8 Å². The predicted octanol–water partition coefficient (Wildman–Crippen LogP) is 2.05. The summed E-state index contributed by atoms with van der Waals surface area (Å²) < 4.78 is 6.85. The van der Waals surface area contributed by atoms with Gasteiger partial charge in [0.05, 0.1) is 12.7 Å². The molecule has 0 fully saturated rings. The average molecular weight is 407 g/mol. The van der Waals surface area contributed by atoms with Crippen molar-refractivity contribution in [3.8, 4) is 0 Å². The van der Waals surface area contributed by atoms with Crippen molar-refractivity contribution in [2.75, 3.05) is 20.7 Å². The van der Waals surface area contributed by atoms with Crippen LogP contribution in [-0.2, 0) is 22.6 Å². The molecule has 1 unspecified atom stereocenters. The first-order chi connectivity index (χ1) is 14.6. The van der Waals surface area contributed by atoms with E-state index in [0.29, 0.717) is 19.6 Å². The minimum absolute atomic E-state index is 0.210. The number of amides is 2. The molecule has 0 bridgehead atoms. The molecule has 2 amide bonds. The monoisotopic (exact) mass is 407 g/mol. The number of carbonyl (C=O) groups excluding carboxylic acids is 2. The molecule has 3 rings (SSSR count). The van der Waals surface area contributed by atoms with Crippen molar-refractivity contribution in [1.29, 1.82) is 0 Å². The smallest absolute Gasteiger partial charge is 0.276 e. The molecule has 1 atom stereocenters. The molecule has 30 heavy (non-hydrogen) atoms. The molecule has 1 heterocycles. The summed E-state index contributed by atoms with van der Waals surface area (Å²) in [5.41, 5.74) is 2.08. The number of ether oxygens (including phenoxy) is 1. The van der Waals surface area contributed by atoms with Gasteiger partial charge >= 0.3 is 0 Å². The van der Waals surface area contributed by atoms with Crippen LogP contribution >= 0.6 is 0 Å². The summed E-state index contributed by atoms with van der Waals surface area (Å²) >= 11 is 0. The third-order valence-electron chi connectivity index (χ3n) is 4.58. The maximum absolute atomic E-state index is 12.6. The Hall–Kier alpha value is -3.52. The number of aromatic nitrogens is 3. The van der Waals surface area contributed by atoms with E-state index in [4.69, 9.17) is 4.74 Å². The van der Waals surface area contributed by atoms with Gasteiger partial charge in [0, 0.05) is 27.2 Å². The van der Waals surface area contributed by atoms with Crippen LogP contribution < -0.4 is 5.32 Å². The number of methoxy groups -OCH3 is 1. The molecule has 8 heteroatoms. The summed E-state index contributed by atoms with van der Waals surface area (Å²) in [6.07, 6.45) is 0.909. The minimum Gasteiger partial charge on any atom is -0.367 e. The summed E-state index contributed by atoms with van der Waals surface area (Å²) in [4.78, 5) is 26.5. The quantitative estimate of drug-likeness (QED) is 0.586. The van der Waals surface area contributed by atoms with Crippen molar-refractivity contribution in [3.63, 3.8) is 0 Å². The fourth-order valence-electron chi connectivity index (χ4n) is 3.04. The van der Waals surface area contributed by atoms with E-state index in [-0.39, 0.29) is 17.5 Å². The number of rotatable bonds is 9. The fourth-order valence-corrected chi connectivity index (χ4v) is 3.04. The Bertz CT molecular complexity index is 959. The zero-order valence-electron chi connectivity index (χ0n) is 17.1. The Morgan fingerprint density at radius 2 is 1.77 bits per heavy atom. The fraction of sp³-hybridized carbons (Fsp3) is 0.273. The molecule has 3 aromatic rings. The highest BCUT2D eigenvalue weighted by molar-refractivity contribution is 5.91. The van der Waals surface area contributed by atoms with Gasteiger partial charge in [-0.05, 0) is 11.1 Å². The molecule has 0 spiro atoms. The lowest BCUT2D eigenvalue weighted by molar-refractivity contribution is -0.131. The third-order valence-corrected chi connectivity index (χ3v) is 4.58. The van der Waals surface area contributed by atoms with Crippen molar-refractivity contribution in [2.24, 2.45) is 0 Å². The van der Waals surface area contributed by atoms with E-state index in [1.54, 1.807) is 18.1 Å². The molecular weight excluding hydrogens is 382 g/mol. The Morgan fingerprint density at radius 3 is 2.43 bits per heavy atom. The van der Waals surface area contributed by atoms with Gasteiger partial charge in [-0.25, -0.2) is 4.68 Å². The highest BCUT2D eigenvalue weighted by Crippen LogP contribution is 2.16. The zero-order valence-corrected chi connectivity index (χ0v) is 17.1. The Morgan fingerprint density at radius 1 is 1.10 bits per heavy atom. The van der Waals surface area contributed by atoms with Gasteiger partial charge < -0.3 is 15.0 Å². The van der Waals surface area contributed by atoms with Gasteiger partial charge in [0.2, 0.25) is 0 Å². The summed E-state index contributed by atoms with van der Waals surface area (Å²) in [6.45, 7) is 1.21. The molecule has 0 radical (unpaired) electrons. The molecule has 1 aromatic heterocycles. The molecule has 2 aromatic carbocycles. The van der Waals surface area contributed by atoms with Gasteiger partial charge in [-0.2, -0.15) is 0 Å².